The van der Waals surface area contributed by atoms with Crippen LogP contribution in [0.2, 0.25) is 0 Å². The van der Waals surface area contributed by atoms with Gasteiger partial charge in [0.25, 0.3) is 0 Å². The first-order chi connectivity index (χ1) is 13.6. The maximum absolute atomic E-state index is 13.3. The predicted molar refractivity (Wildman–Crippen MR) is 116 cm³/mol. The van der Waals surface area contributed by atoms with Crippen LogP contribution >= 0.6 is 0 Å². The van der Waals surface area contributed by atoms with Crippen molar-refractivity contribution in [2.75, 3.05) is 13.2 Å². The molecule has 0 saturated heterocycles. The molecule has 0 fully saturated rings. The van der Waals surface area contributed by atoms with E-state index in [1.54, 1.807) is 0 Å². The first kappa shape index (κ1) is 20.3. The topological polar surface area (TPSA) is 31.2 Å². The van der Waals surface area contributed by atoms with E-state index < -0.39 is 0 Å². The van der Waals surface area contributed by atoms with Crippen molar-refractivity contribution in [3.63, 3.8) is 0 Å². The molecule has 0 N–H and O–H groups in total. The van der Waals surface area contributed by atoms with Crippen LogP contribution < -0.4 is 0 Å². The van der Waals surface area contributed by atoms with Crippen LogP contribution in [0.15, 0.2) is 54.6 Å². The van der Waals surface area contributed by atoms with Crippen LogP contribution in [-0.4, -0.2) is 23.6 Å². The minimum Gasteiger partial charge on any atom is -0.382 e. The quantitative estimate of drug-likeness (QED) is 0.305. The van der Waals surface area contributed by atoms with Crippen LogP contribution in [0.4, 0.5) is 0 Å². The van der Waals surface area contributed by atoms with Crippen molar-refractivity contribution in [2.24, 2.45) is 0 Å². The number of carbonyl (C=O) groups excluding carboxylic acids is 1. The first-order valence-corrected chi connectivity index (χ1v) is 10.4. The summed E-state index contributed by atoms with van der Waals surface area (Å²) in [6, 6.07) is 18.2. The Labute approximate surface area is 168 Å². The number of hydrogen-bond donors (Lipinski definition) is 0. The molecular formula is C25H31NO2. The largest absolute Gasteiger partial charge is 0.382 e. The summed E-state index contributed by atoms with van der Waals surface area (Å²) in [7, 11) is 0. The lowest BCUT2D eigenvalue weighted by Crippen LogP contribution is -2.09. The molecule has 0 radical (unpaired) electrons. The lowest BCUT2D eigenvalue weighted by atomic mass is 10.0. The van der Waals surface area contributed by atoms with Crippen LogP contribution in [-0.2, 0) is 4.74 Å². The van der Waals surface area contributed by atoms with Gasteiger partial charge in [-0.1, -0.05) is 61.4 Å². The number of ether oxygens (including phenoxy) is 1. The van der Waals surface area contributed by atoms with Gasteiger partial charge in [0.05, 0.1) is 5.56 Å². The highest BCUT2D eigenvalue weighted by Gasteiger charge is 2.22. The highest BCUT2D eigenvalue weighted by atomic mass is 16.5. The molecule has 0 aliphatic rings. The molecule has 0 spiro atoms. The summed E-state index contributed by atoms with van der Waals surface area (Å²) in [6.45, 7) is 8.03. The highest BCUT2D eigenvalue weighted by molar-refractivity contribution is 6.17. The summed E-state index contributed by atoms with van der Waals surface area (Å²) in [6.07, 6.45) is 4.56. The number of rotatable bonds is 10. The van der Waals surface area contributed by atoms with Gasteiger partial charge in [0.2, 0.25) is 0 Å². The molecule has 3 rings (SSSR count). The highest BCUT2D eigenvalue weighted by Crippen LogP contribution is 2.32. The predicted octanol–water partition coefficient (Wildman–Crippen LogP) is 6.34. The summed E-state index contributed by atoms with van der Waals surface area (Å²) in [5, 5.41) is 1.05. The van der Waals surface area contributed by atoms with Crippen molar-refractivity contribution < 1.29 is 9.53 Å². The van der Waals surface area contributed by atoms with Gasteiger partial charge < -0.3 is 9.30 Å². The maximum atomic E-state index is 13.3. The van der Waals surface area contributed by atoms with Gasteiger partial charge in [0.15, 0.2) is 5.78 Å². The van der Waals surface area contributed by atoms with Crippen LogP contribution in [0, 0.1) is 6.92 Å². The van der Waals surface area contributed by atoms with E-state index in [-0.39, 0.29) is 5.78 Å². The summed E-state index contributed by atoms with van der Waals surface area (Å²) in [4.78, 5) is 13.3. The van der Waals surface area contributed by atoms with Crippen molar-refractivity contribution in [1.82, 2.24) is 4.57 Å². The van der Waals surface area contributed by atoms with Crippen molar-refractivity contribution in [2.45, 2.75) is 52.5 Å². The zero-order valence-corrected chi connectivity index (χ0v) is 17.3. The standard InChI is InChI=1S/C25H31NO2/c1-4-28-18-12-6-7-13-19(2)26-20(3)24(22-16-10-11-17-23(22)26)25(27)21-14-8-5-9-15-21/h5,8-11,14-17,19H,4,6-7,12-13,18H2,1-3H3. The Morgan fingerprint density at radius 3 is 2.46 bits per heavy atom. The van der Waals surface area contributed by atoms with Gasteiger partial charge in [-0.15, -0.1) is 0 Å². The molecule has 0 amide bonds. The molecule has 1 heterocycles. The Bertz CT molecular complexity index is 911. The Kier molecular flexibility index (Phi) is 7.05. The lowest BCUT2D eigenvalue weighted by Gasteiger charge is -2.18. The lowest BCUT2D eigenvalue weighted by molar-refractivity contribution is 0.103. The number of hydrogen-bond acceptors (Lipinski definition) is 2. The summed E-state index contributed by atoms with van der Waals surface area (Å²) in [5.74, 6) is 0.108. The van der Waals surface area contributed by atoms with E-state index in [1.807, 2.05) is 43.3 Å². The Hall–Kier alpha value is -2.39. The third kappa shape index (κ3) is 4.36. The molecule has 3 aromatic rings. The second-order valence-corrected chi connectivity index (χ2v) is 7.44. The van der Waals surface area contributed by atoms with Crippen molar-refractivity contribution in [3.8, 4) is 0 Å². The van der Waals surface area contributed by atoms with Crippen LogP contribution in [0.1, 0.15) is 67.2 Å². The summed E-state index contributed by atoms with van der Waals surface area (Å²) >= 11 is 0. The van der Waals surface area contributed by atoms with E-state index in [0.717, 1.165) is 53.8 Å². The van der Waals surface area contributed by atoms with Crippen molar-refractivity contribution in [1.29, 1.82) is 0 Å². The summed E-state index contributed by atoms with van der Waals surface area (Å²) < 4.78 is 7.79. The van der Waals surface area contributed by atoms with E-state index >= 15 is 0 Å². The average Bonchev–Trinajstić information content (AvgIpc) is 3.02. The smallest absolute Gasteiger partial charge is 0.195 e. The number of carbonyl (C=O) groups is 1. The fourth-order valence-corrected chi connectivity index (χ4v) is 4.07. The monoisotopic (exact) mass is 377 g/mol. The van der Waals surface area contributed by atoms with Crippen molar-refractivity contribution >= 4 is 16.7 Å². The van der Waals surface area contributed by atoms with Gasteiger partial charge >= 0.3 is 0 Å². The second-order valence-electron chi connectivity index (χ2n) is 7.44. The molecule has 0 aliphatic heterocycles. The first-order valence-electron chi connectivity index (χ1n) is 10.4. The molecule has 0 bridgehead atoms. The van der Waals surface area contributed by atoms with Crippen LogP contribution in [0.5, 0.6) is 0 Å². The van der Waals surface area contributed by atoms with Crippen LogP contribution in [0.25, 0.3) is 10.9 Å². The Balaban J connectivity index is 1.85. The van der Waals surface area contributed by atoms with Gasteiger partial charge in [-0.2, -0.15) is 0 Å². The van der Waals surface area contributed by atoms with E-state index in [4.69, 9.17) is 4.74 Å². The number of aromatic nitrogens is 1. The SMILES string of the molecule is CCOCCCCCC(C)n1c(C)c(C(=O)c2ccccc2)c2ccccc21. The zero-order valence-electron chi connectivity index (χ0n) is 17.3. The average molecular weight is 378 g/mol. The molecule has 1 aromatic heterocycles. The molecule has 3 nitrogen and oxygen atoms in total. The van der Waals surface area contributed by atoms with E-state index in [2.05, 4.69) is 36.6 Å². The molecule has 2 aromatic carbocycles. The molecule has 1 unspecified atom stereocenters. The third-order valence-corrected chi connectivity index (χ3v) is 5.47. The fraction of sp³-hybridized carbons (Fsp3) is 0.400. The number of para-hydroxylation sites is 1. The summed E-state index contributed by atoms with van der Waals surface area (Å²) in [5.41, 5.74) is 3.81. The second kappa shape index (κ2) is 9.70. The number of fused-ring (bicyclic) bond motifs is 1. The van der Waals surface area contributed by atoms with Gasteiger partial charge in [-0.05, 0) is 39.7 Å². The Morgan fingerprint density at radius 1 is 1.00 bits per heavy atom. The molecule has 148 valence electrons. The van der Waals surface area contributed by atoms with Gasteiger partial charge in [-0.3, -0.25) is 4.79 Å². The Morgan fingerprint density at radius 2 is 1.71 bits per heavy atom. The van der Waals surface area contributed by atoms with E-state index in [9.17, 15) is 4.79 Å². The fourth-order valence-electron chi connectivity index (χ4n) is 4.07. The van der Waals surface area contributed by atoms with Crippen molar-refractivity contribution in [3.05, 3.63) is 71.4 Å². The third-order valence-electron chi connectivity index (χ3n) is 5.47. The van der Waals surface area contributed by atoms with Gasteiger partial charge in [-0.25, -0.2) is 0 Å². The number of ketones is 1. The van der Waals surface area contributed by atoms with E-state index in [1.165, 1.54) is 12.8 Å². The molecule has 3 heteroatoms. The number of nitrogens with zero attached hydrogens (tertiary/aromatic N) is 1. The molecule has 0 aliphatic carbocycles. The molecule has 1 atom stereocenters. The minimum atomic E-state index is 0.108. The van der Waals surface area contributed by atoms with Gasteiger partial charge in [0, 0.05) is 41.4 Å². The maximum Gasteiger partial charge on any atom is 0.195 e. The number of unbranched alkanes of at least 4 members (excludes halogenated alkanes) is 2. The molecule has 0 saturated carbocycles. The zero-order chi connectivity index (χ0) is 19.9. The number of benzene rings is 2. The van der Waals surface area contributed by atoms with Crippen LogP contribution in [0.3, 0.4) is 0 Å². The van der Waals surface area contributed by atoms with E-state index in [0.29, 0.717) is 6.04 Å². The van der Waals surface area contributed by atoms with Gasteiger partial charge in [0.1, 0.15) is 0 Å². The minimum absolute atomic E-state index is 0.108. The molecular weight excluding hydrogens is 346 g/mol. The normalized spacial score (nSPS) is 12.4. The molecule has 28 heavy (non-hydrogen) atoms.